The number of piperidine rings is 1. The molecule has 1 fully saturated rings. The average Bonchev–Trinajstić information content (AvgIpc) is 2.75. The van der Waals surface area contributed by atoms with Crippen LogP contribution < -0.4 is 14.8 Å². The Morgan fingerprint density at radius 2 is 1.74 bits per heavy atom. The highest BCUT2D eigenvalue weighted by Crippen LogP contribution is 2.19. The lowest BCUT2D eigenvalue weighted by atomic mass is 10.0. The second-order valence-corrected chi connectivity index (χ2v) is 7.51. The van der Waals surface area contributed by atoms with E-state index in [1.807, 2.05) is 31.2 Å². The zero-order valence-electron chi connectivity index (χ0n) is 17.9. The van der Waals surface area contributed by atoms with Crippen molar-refractivity contribution in [2.24, 2.45) is 0 Å². The number of nitrogens with zero attached hydrogens (tertiary/aromatic N) is 1. The van der Waals surface area contributed by atoms with Gasteiger partial charge in [-0.25, -0.2) is 0 Å². The van der Waals surface area contributed by atoms with E-state index in [1.54, 1.807) is 29.2 Å². The predicted octanol–water partition coefficient (Wildman–Crippen LogP) is 2.97. The van der Waals surface area contributed by atoms with Crippen molar-refractivity contribution in [2.45, 2.75) is 39.2 Å². The Labute approximate surface area is 182 Å². The van der Waals surface area contributed by atoms with Crippen LogP contribution in [-0.4, -0.2) is 48.4 Å². The van der Waals surface area contributed by atoms with E-state index in [0.717, 1.165) is 11.3 Å². The highest BCUT2D eigenvalue weighted by atomic mass is 16.5. The fourth-order valence-corrected chi connectivity index (χ4v) is 3.60. The Bertz CT molecular complexity index is 918. The number of carbonyl (C=O) groups is 3. The summed E-state index contributed by atoms with van der Waals surface area (Å²) in [7, 11) is 0. The molecule has 0 radical (unpaired) electrons. The van der Waals surface area contributed by atoms with Gasteiger partial charge in [0, 0.05) is 31.6 Å². The molecule has 0 bridgehead atoms. The van der Waals surface area contributed by atoms with Crippen LogP contribution in [0.15, 0.2) is 48.5 Å². The molecule has 1 aliphatic heterocycles. The molecule has 0 aliphatic carbocycles. The van der Waals surface area contributed by atoms with Crippen LogP contribution >= 0.6 is 0 Å². The average molecular weight is 424 g/mol. The van der Waals surface area contributed by atoms with E-state index in [-0.39, 0.29) is 17.9 Å². The van der Waals surface area contributed by atoms with Crippen LogP contribution in [0.3, 0.4) is 0 Å². The minimum atomic E-state index is -0.425. The van der Waals surface area contributed by atoms with E-state index in [4.69, 9.17) is 9.47 Å². The molecular weight excluding hydrogens is 396 g/mol. The summed E-state index contributed by atoms with van der Waals surface area (Å²) < 4.78 is 10.5. The summed E-state index contributed by atoms with van der Waals surface area (Å²) >= 11 is 0. The van der Waals surface area contributed by atoms with E-state index in [1.165, 1.54) is 6.92 Å². The van der Waals surface area contributed by atoms with E-state index in [0.29, 0.717) is 50.3 Å². The number of hydrogen-bond donors (Lipinski definition) is 1. The van der Waals surface area contributed by atoms with Gasteiger partial charge in [0.15, 0.2) is 0 Å². The Morgan fingerprint density at radius 3 is 2.39 bits per heavy atom. The molecule has 0 saturated carbocycles. The normalized spacial score (nSPS) is 14.1. The molecule has 1 heterocycles. The molecule has 2 aromatic carbocycles. The summed E-state index contributed by atoms with van der Waals surface area (Å²) in [5.74, 6) is 0.597. The molecule has 7 heteroatoms. The number of nitrogens with one attached hydrogen (secondary N) is 1. The van der Waals surface area contributed by atoms with Gasteiger partial charge < -0.3 is 19.7 Å². The lowest BCUT2D eigenvalue weighted by Gasteiger charge is -2.32. The molecule has 164 valence electrons. The summed E-state index contributed by atoms with van der Waals surface area (Å²) in [5, 5.41) is 3.07. The lowest BCUT2D eigenvalue weighted by Crippen LogP contribution is -2.46. The van der Waals surface area contributed by atoms with Gasteiger partial charge in [-0.3, -0.25) is 14.4 Å². The molecule has 1 aliphatic rings. The third-order valence-electron chi connectivity index (χ3n) is 5.09. The summed E-state index contributed by atoms with van der Waals surface area (Å²) in [5.41, 5.74) is 1.41. The standard InChI is InChI=1S/C24H28N2O5/c1-3-30-21-9-7-18(8-10-21)15-23(28)25-20-11-13-26(14-12-20)24(29)19-5-4-6-22(16-19)31-17(2)27/h4-10,16,20H,3,11-15H2,1-2H3,(H,25,28). The van der Waals surface area contributed by atoms with Crippen molar-refractivity contribution in [1.29, 1.82) is 0 Å². The fourth-order valence-electron chi connectivity index (χ4n) is 3.60. The zero-order valence-corrected chi connectivity index (χ0v) is 17.9. The SMILES string of the molecule is CCOc1ccc(CC(=O)NC2CCN(C(=O)c3cccc(OC(C)=O)c3)CC2)cc1. The van der Waals surface area contributed by atoms with E-state index < -0.39 is 5.97 Å². The quantitative estimate of drug-likeness (QED) is 0.546. The highest BCUT2D eigenvalue weighted by molar-refractivity contribution is 5.94. The Balaban J connectivity index is 1.47. The molecule has 2 amide bonds. The molecule has 3 rings (SSSR count). The van der Waals surface area contributed by atoms with E-state index in [2.05, 4.69) is 5.32 Å². The molecule has 1 saturated heterocycles. The minimum absolute atomic E-state index is 0.0250. The van der Waals surface area contributed by atoms with E-state index >= 15 is 0 Å². The monoisotopic (exact) mass is 424 g/mol. The van der Waals surface area contributed by atoms with Crippen LogP contribution in [0.2, 0.25) is 0 Å². The number of rotatable bonds is 7. The second kappa shape index (κ2) is 10.6. The number of amides is 2. The molecule has 31 heavy (non-hydrogen) atoms. The molecule has 2 aromatic rings. The van der Waals surface area contributed by atoms with Gasteiger partial charge in [0.2, 0.25) is 5.91 Å². The first kappa shape index (κ1) is 22.3. The van der Waals surface area contributed by atoms with Crippen molar-refractivity contribution in [1.82, 2.24) is 10.2 Å². The van der Waals surface area contributed by atoms with Crippen LogP contribution in [0.5, 0.6) is 11.5 Å². The van der Waals surface area contributed by atoms with Gasteiger partial charge in [0.25, 0.3) is 5.91 Å². The first-order valence-corrected chi connectivity index (χ1v) is 10.5. The third-order valence-corrected chi connectivity index (χ3v) is 5.09. The van der Waals surface area contributed by atoms with Crippen molar-refractivity contribution in [2.75, 3.05) is 19.7 Å². The summed E-state index contributed by atoms with van der Waals surface area (Å²) in [4.78, 5) is 38.0. The predicted molar refractivity (Wildman–Crippen MR) is 116 cm³/mol. The van der Waals surface area contributed by atoms with Crippen LogP contribution in [0.1, 0.15) is 42.6 Å². The van der Waals surface area contributed by atoms with Gasteiger partial charge in [0.05, 0.1) is 13.0 Å². The first-order valence-electron chi connectivity index (χ1n) is 10.5. The van der Waals surface area contributed by atoms with Crippen molar-refractivity contribution in [3.63, 3.8) is 0 Å². The number of benzene rings is 2. The maximum Gasteiger partial charge on any atom is 0.308 e. The van der Waals surface area contributed by atoms with Crippen molar-refractivity contribution >= 4 is 17.8 Å². The fraction of sp³-hybridized carbons (Fsp3) is 0.375. The van der Waals surface area contributed by atoms with E-state index in [9.17, 15) is 14.4 Å². The highest BCUT2D eigenvalue weighted by Gasteiger charge is 2.25. The van der Waals surface area contributed by atoms with Crippen molar-refractivity contribution < 1.29 is 23.9 Å². The Morgan fingerprint density at radius 1 is 1.03 bits per heavy atom. The smallest absolute Gasteiger partial charge is 0.308 e. The maximum absolute atomic E-state index is 12.8. The van der Waals surface area contributed by atoms with Crippen LogP contribution in [0.25, 0.3) is 0 Å². The molecule has 0 aromatic heterocycles. The number of esters is 1. The maximum atomic E-state index is 12.8. The summed E-state index contributed by atoms with van der Waals surface area (Å²) in [6.07, 6.45) is 1.71. The number of carbonyl (C=O) groups excluding carboxylic acids is 3. The molecule has 0 spiro atoms. The number of ether oxygens (including phenoxy) is 2. The van der Waals surface area contributed by atoms with Crippen LogP contribution in [-0.2, 0) is 16.0 Å². The number of hydrogen-bond acceptors (Lipinski definition) is 5. The zero-order chi connectivity index (χ0) is 22.2. The number of likely N-dealkylation sites (tertiary alicyclic amines) is 1. The Hall–Kier alpha value is -3.35. The van der Waals surface area contributed by atoms with Gasteiger partial charge in [-0.2, -0.15) is 0 Å². The largest absolute Gasteiger partial charge is 0.494 e. The van der Waals surface area contributed by atoms with Gasteiger partial charge in [-0.1, -0.05) is 18.2 Å². The second-order valence-electron chi connectivity index (χ2n) is 7.51. The molecular formula is C24H28N2O5. The third kappa shape index (κ3) is 6.57. The van der Waals surface area contributed by atoms with Crippen LogP contribution in [0, 0.1) is 0 Å². The van der Waals surface area contributed by atoms with Gasteiger partial charge in [0.1, 0.15) is 11.5 Å². The summed E-state index contributed by atoms with van der Waals surface area (Å²) in [6.45, 7) is 4.98. The van der Waals surface area contributed by atoms with Gasteiger partial charge in [-0.05, 0) is 55.7 Å². The first-order chi connectivity index (χ1) is 14.9. The molecule has 1 N–H and O–H groups in total. The van der Waals surface area contributed by atoms with Crippen LogP contribution in [0.4, 0.5) is 0 Å². The lowest BCUT2D eigenvalue weighted by molar-refractivity contribution is -0.131. The van der Waals surface area contributed by atoms with Crippen molar-refractivity contribution in [3.05, 3.63) is 59.7 Å². The van der Waals surface area contributed by atoms with Crippen molar-refractivity contribution in [3.8, 4) is 11.5 Å². The minimum Gasteiger partial charge on any atom is -0.494 e. The molecule has 7 nitrogen and oxygen atoms in total. The Kier molecular flexibility index (Phi) is 7.65. The summed E-state index contributed by atoms with van der Waals surface area (Å²) in [6, 6.07) is 14.2. The molecule has 0 unspecified atom stereocenters. The van der Waals surface area contributed by atoms with Gasteiger partial charge in [-0.15, -0.1) is 0 Å². The topological polar surface area (TPSA) is 84.9 Å². The molecule has 0 atom stereocenters. The van der Waals surface area contributed by atoms with Gasteiger partial charge >= 0.3 is 5.97 Å².